The molecule has 0 bridgehead atoms. The third-order valence-electron chi connectivity index (χ3n) is 2.24. The third-order valence-corrected chi connectivity index (χ3v) is 2.96. The molecule has 0 saturated carbocycles. The quantitative estimate of drug-likeness (QED) is 0.510. The molecule has 4 nitrogen and oxygen atoms in total. The lowest BCUT2D eigenvalue weighted by molar-refractivity contribution is 0.306. The van der Waals surface area contributed by atoms with E-state index in [1.165, 1.54) is 3.57 Å². The zero-order valence-electron chi connectivity index (χ0n) is 9.06. The first kappa shape index (κ1) is 12.1. The van der Waals surface area contributed by atoms with Crippen molar-refractivity contribution in [1.82, 2.24) is 4.98 Å². The van der Waals surface area contributed by atoms with Crippen LogP contribution < -0.4 is 16.0 Å². The summed E-state index contributed by atoms with van der Waals surface area (Å²) >= 11 is 2.26. The number of anilines is 1. The van der Waals surface area contributed by atoms with Crippen molar-refractivity contribution in [2.24, 2.45) is 5.84 Å². The summed E-state index contributed by atoms with van der Waals surface area (Å²) in [5.74, 6) is 6.84. The standard InChI is InChI=1S/C12H12IN3O/c13-10-3-5-11(6-4-10)17-8-9-2-1-7-15-12(9)16-14/h1-7H,8,14H2,(H,15,16). The number of nitrogens with one attached hydrogen (secondary N) is 1. The molecule has 0 fully saturated rings. The van der Waals surface area contributed by atoms with Gasteiger partial charge < -0.3 is 10.2 Å². The van der Waals surface area contributed by atoms with Crippen LogP contribution in [0.25, 0.3) is 0 Å². The second kappa shape index (κ2) is 5.83. The Morgan fingerprint density at radius 1 is 1.24 bits per heavy atom. The second-order valence-corrected chi connectivity index (χ2v) is 4.64. The lowest BCUT2D eigenvalue weighted by Gasteiger charge is -2.09. The van der Waals surface area contributed by atoms with Crippen LogP contribution in [0, 0.1) is 3.57 Å². The van der Waals surface area contributed by atoms with E-state index in [2.05, 4.69) is 33.0 Å². The number of rotatable bonds is 4. The number of nitrogen functional groups attached to an aromatic ring is 1. The van der Waals surface area contributed by atoms with Gasteiger partial charge >= 0.3 is 0 Å². The fourth-order valence-corrected chi connectivity index (χ4v) is 1.74. The Bertz CT molecular complexity index is 487. The number of ether oxygens (including phenoxy) is 1. The Kier molecular flexibility index (Phi) is 4.16. The number of hydrazine groups is 1. The summed E-state index contributed by atoms with van der Waals surface area (Å²) in [5, 5.41) is 0. The summed E-state index contributed by atoms with van der Waals surface area (Å²) in [6.07, 6.45) is 1.68. The molecule has 0 aliphatic rings. The number of aromatic nitrogens is 1. The Hall–Kier alpha value is -1.34. The van der Waals surface area contributed by atoms with Crippen molar-refractivity contribution < 1.29 is 4.74 Å². The summed E-state index contributed by atoms with van der Waals surface area (Å²) in [5.41, 5.74) is 3.47. The summed E-state index contributed by atoms with van der Waals surface area (Å²) < 4.78 is 6.83. The Labute approximate surface area is 113 Å². The summed E-state index contributed by atoms with van der Waals surface area (Å²) in [7, 11) is 0. The van der Waals surface area contributed by atoms with Crippen LogP contribution in [-0.2, 0) is 6.61 Å². The Morgan fingerprint density at radius 2 is 2.00 bits per heavy atom. The van der Waals surface area contributed by atoms with Gasteiger partial charge in [0.25, 0.3) is 0 Å². The smallest absolute Gasteiger partial charge is 0.146 e. The van der Waals surface area contributed by atoms with Gasteiger partial charge in [-0.05, 0) is 52.9 Å². The molecule has 88 valence electrons. The molecule has 17 heavy (non-hydrogen) atoms. The van der Waals surface area contributed by atoms with Crippen molar-refractivity contribution >= 4 is 28.4 Å². The number of pyridine rings is 1. The van der Waals surface area contributed by atoms with Gasteiger partial charge in [-0.25, -0.2) is 10.8 Å². The van der Waals surface area contributed by atoms with Crippen molar-refractivity contribution in [3.8, 4) is 5.75 Å². The third kappa shape index (κ3) is 3.31. The van der Waals surface area contributed by atoms with Crippen molar-refractivity contribution in [2.45, 2.75) is 6.61 Å². The van der Waals surface area contributed by atoms with E-state index < -0.39 is 0 Å². The molecule has 0 saturated heterocycles. The first-order valence-corrected chi connectivity index (χ1v) is 6.16. The van der Waals surface area contributed by atoms with Crippen LogP contribution in [0.3, 0.4) is 0 Å². The van der Waals surface area contributed by atoms with E-state index in [1.807, 2.05) is 36.4 Å². The monoisotopic (exact) mass is 341 g/mol. The lowest BCUT2D eigenvalue weighted by Crippen LogP contribution is -2.12. The molecule has 0 unspecified atom stereocenters. The van der Waals surface area contributed by atoms with Crippen LogP contribution in [0.15, 0.2) is 42.6 Å². The van der Waals surface area contributed by atoms with Gasteiger partial charge in [0, 0.05) is 15.3 Å². The SMILES string of the molecule is NNc1ncccc1COc1ccc(I)cc1. The largest absolute Gasteiger partial charge is 0.489 e. The molecule has 1 aromatic carbocycles. The van der Waals surface area contributed by atoms with Gasteiger partial charge in [0.2, 0.25) is 0 Å². The maximum absolute atomic E-state index is 5.65. The van der Waals surface area contributed by atoms with Crippen molar-refractivity contribution in [3.63, 3.8) is 0 Å². The number of nitrogens with zero attached hydrogens (tertiary/aromatic N) is 1. The predicted molar refractivity (Wildman–Crippen MR) is 75.5 cm³/mol. The number of nitrogens with two attached hydrogens (primary N) is 1. The normalized spacial score (nSPS) is 10.0. The van der Waals surface area contributed by atoms with Crippen LogP contribution >= 0.6 is 22.6 Å². The Morgan fingerprint density at radius 3 is 2.71 bits per heavy atom. The van der Waals surface area contributed by atoms with E-state index >= 15 is 0 Å². The molecule has 5 heteroatoms. The molecule has 3 N–H and O–H groups in total. The molecule has 1 aromatic heterocycles. The van der Waals surface area contributed by atoms with E-state index in [9.17, 15) is 0 Å². The van der Waals surface area contributed by atoms with Gasteiger partial charge in [-0.1, -0.05) is 6.07 Å². The highest BCUT2D eigenvalue weighted by Gasteiger charge is 2.02. The minimum Gasteiger partial charge on any atom is -0.489 e. The van der Waals surface area contributed by atoms with Gasteiger partial charge in [0.15, 0.2) is 0 Å². The van der Waals surface area contributed by atoms with Crippen LogP contribution in [-0.4, -0.2) is 4.98 Å². The van der Waals surface area contributed by atoms with Crippen molar-refractivity contribution in [1.29, 1.82) is 0 Å². The summed E-state index contributed by atoms with van der Waals surface area (Å²) in [6.45, 7) is 0.438. The summed E-state index contributed by atoms with van der Waals surface area (Å²) in [4.78, 5) is 4.11. The maximum atomic E-state index is 5.65. The highest BCUT2D eigenvalue weighted by atomic mass is 127. The molecule has 0 aliphatic carbocycles. The van der Waals surface area contributed by atoms with E-state index in [1.54, 1.807) is 6.20 Å². The molecule has 2 rings (SSSR count). The molecule has 0 spiro atoms. The topological polar surface area (TPSA) is 60.2 Å². The predicted octanol–water partition coefficient (Wildman–Crippen LogP) is 2.55. The lowest BCUT2D eigenvalue weighted by atomic mass is 10.2. The average molecular weight is 341 g/mol. The van der Waals surface area contributed by atoms with Crippen LogP contribution in [0.5, 0.6) is 5.75 Å². The first-order valence-electron chi connectivity index (χ1n) is 5.08. The van der Waals surface area contributed by atoms with Gasteiger partial charge in [-0.2, -0.15) is 0 Å². The molecular formula is C12H12IN3O. The number of benzene rings is 1. The molecule has 0 atom stereocenters. The minimum atomic E-state index is 0.438. The second-order valence-electron chi connectivity index (χ2n) is 3.40. The zero-order valence-corrected chi connectivity index (χ0v) is 11.2. The van der Waals surface area contributed by atoms with Crippen LogP contribution in [0.1, 0.15) is 5.56 Å². The number of halogens is 1. The molecule has 0 aliphatic heterocycles. The highest BCUT2D eigenvalue weighted by molar-refractivity contribution is 14.1. The van der Waals surface area contributed by atoms with Crippen LogP contribution in [0.4, 0.5) is 5.82 Å². The van der Waals surface area contributed by atoms with Crippen molar-refractivity contribution in [2.75, 3.05) is 5.43 Å². The zero-order chi connectivity index (χ0) is 12.1. The van der Waals surface area contributed by atoms with Crippen molar-refractivity contribution in [3.05, 3.63) is 51.7 Å². The number of hydrogen-bond acceptors (Lipinski definition) is 4. The molecule has 1 heterocycles. The van der Waals surface area contributed by atoms with E-state index in [4.69, 9.17) is 10.6 Å². The van der Waals surface area contributed by atoms with E-state index in [0.717, 1.165) is 11.3 Å². The van der Waals surface area contributed by atoms with Gasteiger partial charge in [-0.15, -0.1) is 0 Å². The molecule has 0 amide bonds. The first-order chi connectivity index (χ1) is 8.29. The van der Waals surface area contributed by atoms with Crippen LogP contribution in [0.2, 0.25) is 0 Å². The molecule has 0 radical (unpaired) electrons. The Balaban J connectivity index is 2.04. The molecular weight excluding hydrogens is 329 g/mol. The van der Waals surface area contributed by atoms with Gasteiger partial charge in [0.1, 0.15) is 18.2 Å². The summed E-state index contributed by atoms with van der Waals surface area (Å²) in [6, 6.07) is 11.7. The minimum absolute atomic E-state index is 0.438. The molecule has 2 aromatic rings. The van der Waals surface area contributed by atoms with E-state index in [-0.39, 0.29) is 0 Å². The fraction of sp³-hybridized carbons (Fsp3) is 0.0833. The number of hydrogen-bond donors (Lipinski definition) is 2. The van der Waals surface area contributed by atoms with E-state index in [0.29, 0.717) is 12.4 Å². The highest BCUT2D eigenvalue weighted by Crippen LogP contribution is 2.17. The average Bonchev–Trinajstić information content (AvgIpc) is 2.38. The van der Waals surface area contributed by atoms with Gasteiger partial charge in [0.05, 0.1) is 0 Å². The van der Waals surface area contributed by atoms with Gasteiger partial charge in [-0.3, -0.25) is 0 Å². The maximum Gasteiger partial charge on any atom is 0.146 e. The fourth-order valence-electron chi connectivity index (χ4n) is 1.38.